The van der Waals surface area contributed by atoms with E-state index in [9.17, 15) is 4.79 Å². The van der Waals surface area contributed by atoms with Crippen LogP contribution in [0.4, 0.5) is 0 Å². The van der Waals surface area contributed by atoms with Crippen LogP contribution in [0.1, 0.15) is 25.7 Å². The lowest BCUT2D eigenvalue weighted by molar-refractivity contribution is -0.137. The molecule has 0 aliphatic carbocycles. The van der Waals surface area contributed by atoms with Gasteiger partial charge in [0.1, 0.15) is 0 Å². The maximum atomic E-state index is 10.3. The molecule has 0 aromatic heterocycles. The van der Waals surface area contributed by atoms with Gasteiger partial charge in [0.15, 0.2) is 0 Å². The Morgan fingerprint density at radius 2 is 2.36 bits per heavy atom. The molecule has 0 radical (unpaired) electrons. The predicted octanol–water partition coefficient (Wildman–Crippen LogP) is 0.962. The number of carboxylic acids is 1. The predicted molar refractivity (Wildman–Crippen MR) is 53.3 cm³/mol. The van der Waals surface area contributed by atoms with Crippen LogP contribution in [-0.4, -0.2) is 48.8 Å². The first-order valence-corrected chi connectivity index (χ1v) is 5.19. The van der Waals surface area contributed by atoms with Crippen molar-refractivity contribution in [3.63, 3.8) is 0 Å². The number of carboxylic acid groups (broad SMARTS) is 1. The van der Waals surface area contributed by atoms with Crippen molar-refractivity contribution in [2.75, 3.05) is 26.7 Å². The third kappa shape index (κ3) is 4.07. The largest absolute Gasteiger partial charge is 0.481 e. The van der Waals surface area contributed by atoms with Gasteiger partial charge in [-0.1, -0.05) is 0 Å². The summed E-state index contributed by atoms with van der Waals surface area (Å²) in [4.78, 5) is 12.6. The van der Waals surface area contributed by atoms with Gasteiger partial charge < -0.3 is 14.7 Å². The van der Waals surface area contributed by atoms with Gasteiger partial charge in [-0.05, 0) is 25.8 Å². The van der Waals surface area contributed by atoms with E-state index in [-0.39, 0.29) is 0 Å². The van der Waals surface area contributed by atoms with E-state index < -0.39 is 5.97 Å². The summed E-state index contributed by atoms with van der Waals surface area (Å²) in [5.41, 5.74) is 0. The van der Waals surface area contributed by atoms with Crippen LogP contribution in [0.2, 0.25) is 0 Å². The third-order valence-corrected chi connectivity index (χ3v) is 2.68. The molecule has 1 aliphatic heterocycles. The molecule has 4 nitrogen and oxygen atoms in total. The lowest BCUT2D eigenvalue weighted by atomic mass is 10.2. The average Bonchev–Trinajstić information content (AvgIpc) is 2.60. The first-order valence-electron chi connectivity index (χ1n) is 5.19. The first kappa shape index (κ1) is 11.5. The number of rotatable bonds is 6. The highest BCUT2D eigenvalue weighted by molar-refractivity contribution is 5.66. The number of aliphatic carboxylic acids is 1. The normalized spacial score (nSPS) is 22.8. The highest BCUT2D eigenvalue weighted by atomic mass is 16.5. The maximum Gasteiger partial charge on any atom is 0.303 e. The van der Waals surface area contributed by atoms with E-state index >= 15 is 0 Å². The van der Waals surface area contributed by atoms with Crippen LogP contribution in [0.3, 0.4) is 0 Å². The van der Waals surface area contributed by atoms with Gasteiger partial charge in [-0.3, -0.25) is 4.79 Å². The zero-order valence-electron chi connectivity index (χ0n) is 8.74. The number of methoxy groups -OCH3 is 1. The summed E-state index contributed by atoms with van der Waals surface area (Å²) in [6.07, 6.45) is 3.54. The van der Waals surface area contributed by atoms with Gasteiger partial charge in [0.2, 0.25) is 0 Å². The summed E-state index contributed by atoms with van der Waals surface area (Å²) in [6.45, 7) is 3.10. The molecule has 0 bridgehead atoms. The molecule has 1 unspecified atom stereocenters. The van der Waals surface area contributed by atoms with Gasteiger partial charge in [-0.15, -0.1) is 0 Å². The fraction of sp³-hybridized carbons (Fsp3) is 0.900. The van der Waals surface area contributed by atoms with Gasteiger partial charge in [0.05, 0.1) is 6.10 Å². The number of likely N-dealkylation sites (tertiary alicyclic amines) is 1. The van der Waals surface area contributed by atoms with E-state index in [4.69, 9.17) is 9.84 Å². The zero-order chi connectivity index (χ0) is 10.4. The van der Waals surface area contributed by atoms with Gasteiger partial charge in [0, 0.05) is 26.6 Å². The van der Waals surface area contributed by atoms with E-state index in [0.29, 0.717) is 12.5 Å². The second-order valence-corrected chi connectivity index (χ2v) is 3.80. The SMILES string of the molecule is COC1CCN(CCCCC(=O)O)C1. The molecule has 0 aromatic rings. The molecule has 0 saturated carbocycles. The Morgan fingerprint density at radius 1 is 1.57 bits per heavy atom. The molecule has 4 heteroatoms. The summed E-state index contributed by atoms with van der Waals surface area (Å²) < 4.78 is 5.25. The molecule has 0 amide bonds. The van der Waals surface area contributed by atoms with E-state index in [0.717, 1.165) is 38.9 Å². The Kier molecular flexibility index (Phi) is 4.90. The van der Waals surface area contributed by atoms with Crippen LogP contribution >= 0.6 is 0 Å². The van der Waals surface area contributed by atoms with Crippen molar-refractivity contribution in [1.82, 2.24) is 4.90 Å². The standard InChI is InChI=1S/C10H19NO3/c1-14-9-5-7-11(8-9)6-3-2-4-10(12)13/h9H,2-8H2,1H3,(H,12,13). The second-order valence-electron chi connectivity index (χ2n) is 3.80. The lowest BCUT2D eigenvalue weighted by Gasteiger charge is -2.14. The molecule has 1 aliphatic rings. The van der Waals surface area contributed by atoms with Crippen LogP contribution in [0.15, 0.2) is 0 Å². The highest BCUT2D eigenvalue weighted by Gasteiger charge is 2.20. The fourth-order valence-corrected chi connectivity index (χ4v) is 1.80. The Hall–Kier alpha value is -0.610. The van der Waals surface area contributed by atoms with Crippen molar-refractivity contribution in [3.8, 4) is 0 Å². The van der Waals surface area contributed by atoms with Crippen LogP contribution in [0.5, 0.6) is 0 Å². The number of nitrogens with zero attached hydrogens (tertiary/aromatic N) is 1. The van der Waals surface area contributed by atoms with Crippen molar-refractivity contribution in [1.29, 1.82) is 0 Å². The summed E-state index contributed by atoms with van der Waals surface area (Å²) in [5.74, 6) is -0.693. The number of ether oxygens (including phenoxy) is 1. The summed E-state index contributed by atoms with van der Waals surface area (Å²) in [5, 5.41) is 8.45. The summed E-state index contributed by atoms with van der Waals surface area (Å²) in [6, 6.07) is 0. The molecule has 1 N–H and O–H groups in total. The quantitative estimate of drug-likeness (QED) is 0.650. The van der Waals surface area contributed by atoms with E-state index in [1.165, 1.54) is 0 Å². The monoisotopic (exact) mass is 201 g/mol. The smallest absolute Gasteiger partial charge is 0.303 e. The van der Waals surface area contributed by atoms with Crippen molar-refractivity contribution in [2.45, 2.75) is 31.8 Å². The van der Waals surface area contributed by atoms with Gasteiger partial charge in [-0.2, -0.15) is 0 Å². The van der Waals surface area contributed by atoms with Gasteiger partial charge in [0.25, 0.3) is 0 Å². The van der Waals surface area contributed by atoms with Crippen molar-refractivity contribution < 1.29 is 14.6 Å². The van der Waals surface area contributed by atoms with Gasteiger partial charge >= 0.3 is 5.97 Å². The molecule has 1 fully saturated rings. The zero-order valence-corrected chi connectivity index (χ0v) is 8.74. The van der Waals surface area contributed by atoms with E-state index in [1.807, 2.05) is 0 Å². The number of hydrogen-bond acceptors (Lipinski definition) is 3. The second kappa shape index (κ2) is 5.98. The molecule has 0 aromatic carbocycles. The Morgan fingerprint density at radius 3 is 2.93 bits per heavy atom. The average molecular weight is 201 g/mol. The minimum Gasteiger partial charge on any atom is -0.481 e. The Labute approximate surface area is 84.8 Å². The van der Waals surface area contributed by atoms with E-state index in [2.05, 4.69) is 4.90 Å². The van der Waals surface area contributed by atoms with Crippen LogP contribution in [-0.2, 0) is 9.53 Å². The minimum atomic E-state index is -0.693. The number of carbonyl (C=O) groups is 1. The summed E-state index contributed by atoms with van der Waals surface area (Å²) >= 11 is 0. The highest BCUT2D eigenvalue weighted by Crippen LogP contribution is 2.12. The number of hydrogen-bond donors (Lipinski definition) is 1. The first-order chi connectivity index (χ1) is 6.72. The van der Waals surface area contributed by atoms with Crippen LogP contribution in [0.25, 0.3) is 0 Å². The number of unbranched alkanes of at least 4 members (excludes halogenated alkanes) is 1. The molecule has 1 saturated heterocycles. The van der Waals surface area contributed by atoms with Crippen LogP contribution < -0.4 is 0 Å². The molecule has 1 atom stereocenters. The minimum absolute atomic E-state index is 0.293. The molecule has 1 heterocycles. The van der Waals surface area contributed by atoms with Gasteiger partial charge in [-0.25, -0.2) is 0 Å². The molecular formula is C10H19NO3. The summed E-state index contributed by atoms with van der Waals surface area (Å²) in [7, 11) is 1.75. The lowest BCUT2D eigenvalue weighted by Crippen LogP contribution is -2.24. The molecular weight excluding hydrogens is 182 g/mol. The van der Waals surface area contributed by atoms with Crippen LogP contribution in [0, 0.1) is 0 Å². The van der Waals surface area contributed by atoms with Crippen molar-refractivity contribution in [3.05, 3.63) is 0 Å². The Bertz CT molecular complexity index is 184. The molecule has 1 rings (SSSR count). The van der Waals surface area contributed by atoms with Crippen molar-refractivity contribution in [2.24, 2.45) is 0 Å². The Balaban J connectivity index is 2.00. The van der Waals surface area contributed by atoms with Crippen molar-refractivity contribution >= 4 is 5.97 Å². The fourth-order valence-electron chi connectivity index (χ4n) is 1.80. The van der Waals surface area contributed by atoms with E-state index in [1.54, 1.807) is 7.11 Å². The molecule has 0 spiro atoms. The topological polar surface area (TPSA) is 49.8 Å². The third-order valence-electron chi connectivity index (χ3n) is 2.68. The molecule has 14 heavy (non-hydrogen) atoms. The molecule has 82 valence electrons. The maximum absolute atomic E-state index is 10.3.